The molecule has 2 bridgehead atoms. The van der Waals surface area contributed by atoms with Gasteiger partial charge in [0, 0.05) is 19.6 Å². The first-order valence-corrected chi connectivity index (χ1v) is 8.59. The third-order valence-corrected chi connectivity index (χ3v) is 5.39. The summed E-state index contributed by atoms with van der Waals surface area (Å²) in [6.07, 6.45) is -0.210. The van der Waals surface area contributed by atoms with E-state index in [0.29, 0.717) is 26.2 Å². The van der Waals surface area contributed by atoms with E-state index in [9.17, 15) is 18.0 Å². The molecule has 0 aliphatic carbocycles. The molecule has 3 heterocycles. The van der Waals surface area contributed by atoms with Crippen LogP contribution in [0.2, 0.25) is 0 Å². The molecule has 132 valence electrons. The summed E-state index contributed by atoms with van der Waals surface area (Å²) < 4.78 is 43.4. The quantitative estimate of drug-likeness (QED) is 0.773. The zero-order chi connectivity index (χ0) is 16.6. The van der Waals surface area contributed by atoms with Crippen LogP contribution in [0.1, 0.15) is 32.6 Å². The van der Waals surface area contributed by atoms with Gasteiger partial charge in [-0.1, -0.05) is 6.92 Å². The van der Waals surface area contributed by atoms with Crippen molar-refractivity contribution in [2.24, 2.45) is 11.8 Å². The average Bonchev–Trinajstić information content (AvgIpc) is 3.20. The Hall–Kier alpha value is -0.820. The summed E-state index contributed by atoms with van der Waals surface area (Å²) >= 11 is 0. The highest BCUT2D eigenvalue weighted by molar-refractivity contribution is 5.80. The summed E-state index contributed by atoms with van der Waals surface area (Å²) in [7, 11) is 0. The van der Waals surface area contributed by atoms with Gasteiger partial charge >= 0.3 is 6.18 Å². The SMILES string of the molecule is CCN(C[C@H]1CCN(C(=O)[C@@H]2C[C@@H]3CC[C@@H]2O3)C1)CC(F)(F)F. The Morgan fingerprint density at radius 3 is 2.65 bits per heavy atom. The molecule has 7 heteroatoms. The van der Waals surface area contributed by atoms with Gasteiger partial charge in [-0.2, -0.15) is 13.2 Å². The monoisotopic (exact) mass is 334 g/mol. The molecular weight excluding hydrogens is 309 g/mol. The molecule has 3 fully saturated rings. The van der Waals surface area contributed by atoms with Crippen LogP contribution < -0.4 is 0 Å². The highest BCUT2D eigenvalue weighted by atomic mass is 19.4. The molecule has 0 aromatic heterocycles. The molecule has 3 aliphatic rings. The average molecular weight is 334 g/mol. The fourth-order valence-electron chi connectivity index (χ4n) is 4.24. The lowest BCUT2D eigenvalue weighted by Gasteiger charge is -2.26. The Labute approximate surface area is 134 Å². The molecular formula is C16H25F3N2O2. The van der Waals surface area contributed by atoms with Gasteiger partial charge in [-0.15, -0.1) is 0 Å². The van der Waals surface area contributed by atoms with Gasteiger partial charge in [-0.05, 0) is 38.1 Å². The minimum Gasteiger partial charge on any atom is -0.374 e. The van der Waals surface area contributed by atoms with E-state index in [2.05, 4.69) is 0 Å². The molecule has 0 aromatic rings. The number of hydrogen-bond donors (Lipinski definition) is 0. The topological polar surface area (TPSA) is 32.8 Å². The van der Waals surface area contributed by atoms with E-state index in [-0.39, 0.29) is 30.0 Å². The molecule has 1 amide bonds. The van der Waals surface area contributed by atoms with Crippen LogP contribution >= 0.6 is 0 Å². The van der Waals surface area contributed by atoms with Crippen LogP contribution in [-0.2, 0) is 9.53 Å². The second kappa shape index (κ2) is 6.59. The number of rotatable bonds is 5. The second-order valence-corrected chi connectivity index (χ2v) is 7.10. The predicted molar refractivity (Wildman–Crippen MR) is 78.9 cm³/mol. The molecule has 4 nitrogen and oxygen atoms in total. The molecule has 3 saturated heterocycles. The largest absolute Gasteiger partial charge is 0.401 e. The van der Waals surface area contributed by atoms with Crippen molar-refractivity contribution in [3.05, 3.63) is 0 Å². The van der Waals surface area contributed by atoms with E-state index in [1.165, 1.54) is 4.90 Å². The van der Waals surface area contributed by atoms with Crippen LogP contribution in [0.4, 0.5) is 13.2 Å². The summed E-state index contributed by atoms with van der Waals surface area (Å²) in [4.78, 5) is 15.9. The van der Waals surface area contributed by atoms with Crippen molar-refractivity contribution in [3.63, 3.8) is 0 Å². The van der Waals surface area contributed by atoms with Gasteiger partial charge in [0.25, 0.3) is 0 Å². The van der Waals surface area contributed by atoms with E-state index in [1.807, 2.05) is 4.90 Å². The fraction of sp³-hybridized carbons (Fsp3) is 0.938. The van der Waals surface area contributed by atoms with Gasteiger partial charge in [-0.25, -0.2) is 0 Å². The first-order chi connectivity index (χ1) is 10.9. The zero-order valence-electron chi connectivity index (χ0n) is 13.5. The summed E-state index contributed by atoms with van der Waals surface area (Å²) in [5.74, 6) is 0.268. The molecule has 4 atom stereocenters. The van der Waals surface area contributed by atoms with E-state index in [4.69, 9.17) is 4.74 Å². The van der Waals surface area contributed by atoms with Gasteiger partial charge in [0.2, 0.25) is 5.91 Å². The number of alkyl halides is 3. The van der Waals surface area contributed by atoms with E-state index in [1.54, 1.807) is 6.92 Å². The Morgan fingerprint density at radius 2 is 2.09 bits per heavy atom. The van der Waals surface area contributed by atoms with E-state index in [0.717, 1.165) is 25.7 Å². The standard InChI is InChI=1S/C16H25F3N2O2/c1-2-20(10-16(17,18)19)8-11-5-6-21(9-11)15(22)13-7-12-3-4-14(13)23-12/h11-14H,2-10H2,1H3/t11-,12+,13-,14+/m1/s1. The van der Waals surface area contributed by atoms with Gasteiger partial charge in [0.05, 0.1) is 24.7 Å². The molecule has 3 aliphatic heterocycles. The molecule has 0 N–H and O–H groups in total. The predicted octanol–water partition coefficient (Wildman–Crippen LogP) is 2.29. The number of carbonyl (C=O) groups excluding carboxylic acids is 1. The third-order valence-electron chi connectivity index (χ3n) is 5.39. The van der Waals surface area contributed by atoms with Crippen molar-refractivity contribution in [1.82, 2.24) is 9.80 Å². The zero-order valence-corrected chi connectivity index (χ0v) is 13.5. The Balaban J connectivity index is 1.49. The molecule has 0 radical (unpaired) electrons. The lowest BCUT2D eigenvalue weighted by Crippen LogP contribution is -2.40. The summed E-state index contributed by atoms with van der Waals surface area (Å²) in [6.45, 7) is 2.92. The summed E-state index contributed by atoms with van der Waals surface area (Å²) in [5.41, 5.74) is 0. The maximum Gasteiger partial charge on any atom is 0.401 e. The maximum absolute atomic E-state index is 12.6. The lowest BCUT2D eigenvalue weighted by atomic mass is 9.88. The number of fused-ring (bicyclic) bond motifs is 2. The first kappa shape index (κ1) is 17.0. The molecule has 0 aromatic carbocycles. The Morgan fingerprint density at radius 1 is 1.30 bits per heavy atom. The van der Waals surface area contributed by atoms with Crippen molar-refractivity contribution in [1.29, 1.82) is 0 Å². The van der Waals surface area contributed by atoms with Crippen LogP contribution in [0.25, 0.3) is 0 Å². The van der Waals surface area contributed by atoms with Crippen LogP contribution in [0.5, 0.6) is 0 Å². The smallest absolute Gasteiger partial charge is 0.374 e. The number of hydrogen-bond acceptors (Lipinski definition) is 3. The summed E-state index contributed by atoms with van der Waals surface area (Å²) in [6, 6.07) is 0. The van der Waals surface area contributed by atoms with E-state index < -0.39 is 12.7 Å². The third kappa shape index (κ3) is 3.99. The number of ether oxygens (including phenoxy) is 1. The van der Waals surface area contributed by atoms with Crippen molar-refractivity contribution < 1.29 is 22.7 Å². The minimum atomic E-state index is -4.16. The number of amides is 1. The number of likely N-dealkylation sites (tertiary alicyclic amines) is 1. The molecule has 0 unspecified atom stereocenters. The van der Waals surface area contributed by atoms with Crippen molar-refractivity contribution in [2.45, 2.75) is 51.0 Å². The fourth-order valence-corrected chi connectivity index (χ4v) is 4.24. The Bertz CT molecular complexity index is 444. The van der Waals surface area contributed by atoms with Crippen LogP contribution in [0.3, 0.4) is 0 Å². The number of nitrogens with zero attached hydrogens (tertiary/aromatic N) is 2. The number of carbonyl (C=O) groups is 1. The summed E-state index contributed by atoms with van der Waals surface area (Å²) in [5, 5.41) is 0. The van der Waals surface area contributed by atoms with Gasteiger partial charge in [0.15, 0.2) is 0 Å². The van der Waals surface area contributed by atoms with Crippen LogP contribution in [0, 0.1) is 11.8 Å². The van der Waals surface area contributed by atoms with Crippen molar-refractivity contribution in [3.8, 4) is 0 Å². The maximum atomic E-state index is 12.6. The van der Waals surface area contributed by atoms with Gasteiger partial charge in [-0.3, -0.25) is 9.69 Å². The number of halogens is 3. The van der Waals surface area contributed by atoms with Crippen LogP contribution in [-0.4, -0.2) is 66.8 Å². The molecule has 23 heavy (non-hydrogen) atoms. The van der Waals surface area contributed by atoms with Crippen LogP contribution in [0.15, 0.2) is 0 Å². The Kier molecular flexibility index (Phi) is 4.88. The van der Waals surface area contributed by atoms with Gasteiger partial charge in [0.1, 0.15) is 0 Å². The minimum absolute atomic E-state index is 0.0232. The molecule has 0 saturated carbocycles. The highest BCUT2D eigenvalue weighted by Crippen LogP contribution is 2.40. The van der Waals surface area contributed by atoms with Gasteiger partial charge < -0.3 is 9.64 Å². The van der Waals surface area contributed by atoms with E-state index >= 15 is 0 Å². The highest BCUT2D eigenvalue weighted by Gasteiger charge is 2.46. The van der Waals surface area contributed by atoms with Crippen molar-refractivity contribution >= 4 is 5.91 Å². The normalized spacial score (nSPS) is 33.9. The molecule has 0 spiro atoms. The molecule has 3 rings (SSSR count). The van der Waals surface area contributed by atoms with Crippen molar-refractivity contribution in [2.75, 3.05) is 32.7 Å². The second-order valence-electron chi connectivity index (χ2n) is 7.10. The lowest BCUT2D eigenvalue weighted by molar-refractivity contribution is -0.147. The first-order valence-electron chi connectivity index (χ1n) is 8.59.